The molecule has 0 spiro atoms. The summed E-state index contributed by atoms with van der Waals surface area (Å²) in [5.41, 5.74) is 0.825. The molecule has 23 heavy (non-hydrogen) atoms. The number of rotatable bonds is 8. The first-order valence-electron chi connectivity index (χ1n) is 7.91. The third-order valence-electron chi connectivity index (χ3n) is 3.53. The summed E-state index contributed by atoms with van der Waals surface area (Å²) in [5.74, 6) is 0.936. The van der Waals surface area contributed by atoms with Gasteiger partial charge < -0.3 is 14.8 Å². The van der Waals surface area contributed by atoms with Crippen molar-refractivity contribution in [3.8, 4) is 17.6 Å². The van der Waals surface area contributed by atoms with E-state index in [0.29, 0.717) is 18.1 Å². The molecule has 122 valence electrons. The van der Waals surface area contributed by atoms with Gasteiger partial charge in [0.05, 0.1) is 13.7 Å². The minimum Gasteiger partial charge on any atom is -0.493 e. The molecular weight excluding hydrogens is 292 g/mol. The third-order valence-corrected chi connectivity index (χ3v) is 3.53. The number of amides is 1. The predicted octanol–water partition coefficient (Wildman–Crippen LogP) is 3.06. The second-order valence-corrected chi connectivity index (χ2v) is 5.53. The van der Waals surface area contributed by atoms with Gasteiger partial charge in [-0.3, -0.25) is 4.79 Å². The lowest BCUT2D eigenvalue weighted by atomic mass is 10.1. The Bertz CT molecular complexity index is 628. The van der Waals surface area contributed by atoms with Crippen molar-refractivity contribution < 1.29 is 14.3 Å². The number of unbranched alkanes of at least 4 members (excludes halogenated alkanes) is 1. The van der Waals surface area contributed by atoms with Crippen LogP contribution >= 0.6 is 0 Å². The van der Waals surface area contributed by atoms with Gasteiger partial charge in [0.1, 0.15) is 11.6 Å². The number of hydrogen-bond acceptors (Lipinski definition) is 4. The number of ether oxygens (including phenoxy) is 2. The Kier molecular flexibility index (Phi) is 6.04. The molecular formula is C18H22N2O3. The largest absolute Gasteiger partial charge is 0.493 e. The minimum atomic E-state index is -0.322. The second-order valence-electron chi connectivity index (χ2n) is 5.53. The molecule has 0 bridgehead atoms. The van der Waals surface area contributed by atoms with Crippen LogP contribution in [0.25, 0.3) is 6.08 Å². The lowest BCUT2D eigenvalue weighted by molar-refractivity contribution is -0.117. The third kappa shape index (κ3) is 5.03. The Balaban J connectivity index is 2.13. The highest BCUT2D eigenvalue weighted by molar-refractivity contribution is 6.02. The first-order chi connectivity index (χ1) is 11.2. The van der Waals surface area contributed by atoms with Gasteiger partial charge in [0, 0.05) is 6.04 Å². The van der Waals surface area contributed by atoms with E-state index in [1.54, 1.807) is 25.3 Å². The molecule has 0 radical (unpaired) electrons. The van der Waals surface area contributed by atoms with Crippen LogP contribution in [0, 0.1) is 11.3 Å². The number of nitrogens with one attached hydrogen (secondary N) is 1. The SMILES string of the molecule is CCCCOc1ccc(/C=C(\C#N)C(=O)NC2CC2)cc1OC. The topological polar surface area (TPSA) is 71.3 Å². The van der Waals surface area contributed by atoms with E-state index in [1.165, 1.54) is 0 Å². The van der Waals surface area contributed by atoms with Gasteiger partial charge in [-0.2, -0.15) is 5.26 Å². The fraction of sp³-hybridized carbons (Fsp3) is 0.444. The smallest absolute Gasteiger partial charge is 0.262 e. The molecule has 5 heteroatoms. The van der Waals surface area contributed by atoms with E-state index in [-0.39, 0.29) is 17.5 Å². The number of methoxy groups -OCH3 is 1. The normalized spacial score (nSPS) is 14.0. The van der Waals surface area contributed by atoms with Crippen molar-refractivity contribution in [1.82, 2.24) is 5.32 Å². The molecule has 1 N–H and O–H groups in total. The number of benzene rings is 1. The van der Waals surface area contributed by atoms with Crippen LogP contribution in [0.1, 0.15) is 38.2 Å². The molecule has 0 unspecified atom stereocenters. The fourth-order valence-electron chi connectivity index (χ4n) is 2.03. The Morgan fingerprint density at radius 1 is 1.43 bits per heavy atom. The van der Waals surface area contributed by atoms with Crippen LogP contribution in [0.4, 0.5) is 0 Å². The van der Waals surface area contributed by atoms with Crippen molar-refractivity contribution >= 4 is 12.0 Å². The zero-order chi connectivity index (χ0) is 16.7. The summed E-state index contributed by atoms with van der Waals surface area (Å²) >= 11 is 0. The second kappa shape index (κ2) is 8.23. The zero-order valence-electron chi connectivity index (χ0n) is 13.6. The number of hydrogen-bond donors (Lipinski definition) is 1. The minimum absolute atomic E-state index is 0.0959. The van der Waals surface area contributed by atoms with Gasteiger partial charge in [0.2, 0.25) is 0 Å². The highest BCUT2D eigenvalue weighted by atomic mass is 16.5. The summed E-state index contributed by atoms with van der Waals surface area (Å²) in [5, 5.41) is 12.0. The van der Waals surface area contributed by atoms with Gasteiger partial charge >= 0.3 is 0 Å². The molecule has 1 aromatic rings. The standard InChI is InChI=1S/C18H22N2O3/c1-3-4-9-23-16-8-5-13(11-17(16)22-2)10-14(12-19)18(21)20-15-6-7-15/h5,8,10-11,15H,3-4,6-7,9H2,1-2H3,(H,20,21)/b14-10+. The lowest BCUT2D eigenvalue weighted by Crippen LogP contribution is -2.26. The summed E-state index contributed by atoms with van der Waals surface area (Å²) in [4.78, 5) is 12.0. The molecule has 5 nitrogen and oxygen atoms in total. The van der Waals surface area contributed by atoms with Crippen LogP contribution in [0.2, 0.25) is 0 Å². The molecule has 1 aliphatic carbocycles. The van der Waals surface area contributed by atoms with Gasteiger partial charge in [-0.15, -0.1) is 0 Å². The number of carbonyl (C=O) groups excluding carboxylic acids is 1. The number of nitrogens with zero attached hydrogens (tertiary/aromatic N) is 1. The van der Waals surface area contributed by atoms with E-state index in [2.05, 4.69) is 12.2 Å². The van der Waals surface area contributed by atoms with Crippen molar-refractivity contribution in [1.29, 1.82) is 5.26 Å². The summed E-state index contributed by atoms with van der Waals surface area (Å²) < 4.78 is 11.0. The molecule has 0 heterocycles. The zero-order valence-corrected chi connectivity index (χ0v) is 13.6. The molecule has 0 saturated heterocycles. The maximum absolute atomic E-state index is 12.0. The fourth-order valence-corrected chi connectivity index (χ4v) is 2.03. The Morgan fingerprint density at radius 2 is 2.22 bits per heavy atom. The van der Waals surface area contributed by atoms with E-state index in [4.69, 9.17) is 9.47 Å². The average molecular weight is 314 g/mol. The molecule has 1 aliphatic rings. The van der Waals surface area contributed by atoms with E-state index in [9.17, 15) is 10.1 Å². The van der Waals surface area contributed by atoms with E-state index in [0.717, 1.165) is 31.2 Å². The van der Waals surface area contributed by atoms with Crippen LogP contribution in [-0.2, 0) is 4.79 Å². The molecule has 1 saturated carbocycles. The highest BCUT2D eigenvalue weighted by Gasteiger charge is 2.24. The maximum atomic E-state index is 12.0. The summed E-state index contributed by atoms with van der Waals surface area (Å²) in [6, 6.07) is 7.56. The molecule has 1 aromatic carbocycles. The lowest BCUT2D eigenvalue weighted by Gasteiger charge is -2.11. The van der Waals surface area contributed by atoms with Gasteiger partial charge in [0.15, 0.2) is 11.5 Å². The summed E-state index contributed by atoms with van der Waals surface area (Å²) in [7, 11) is 1.57. The van der Waals surface area contributed by atoms with E-state index >= 15 is 0 Å². The van der Waals surface area contributed by atoms with Gasteiger partial charge in [0.25, 0.3) is 5.91 Å². The molecule has 1 amide bonds. The molecule has 0 aromatic heterocycles. The van der Waals surface area contributed by atoms with Crippen LogP contribution < -0.4 is 14.8 Å². The van der Waals surface area contributed by atoms with Crippen LogP contribution in [0.15, 0.2) is 23.8 Å². The summed E-state index contributed by atoms with van der Waals surface area (Å²) in [6.45, 7) is 2.74. The van der Waals surface area contributed by atoms with Gasteiger partial charge in [-0.25, -0.2) is 0 Å². The van der Waals surface area contributed by atoms with Crippen molar-refractivity contribution in [3.63, 3.8) is 0 Å². The maximum Gasteiger partial charge on any atom is 0.262 e. The van der Waals surface area contributed by atoms with Crippen LogP contribution in [-0.4, -0.2) is 25.7 Å². The number of carbonyl (C=O) groups is 1. The highest BCUT2D eigenvalue weighted by Crippen LogP contribution is 2.29. The predicted molar refractivity (Wildman–Crippen MR) is 88.2 cm³/mol. The molecule has 2 rings (SSSR count). The van der Waals surface area contributed by atoms with E-state index < -0.39 is 0 Å². The first kappa shape index (κ1) is 16.9. The van der Waals surface area contributed by atoms with Crippen LogP contribution in [0.5, 0.6) is 11.5 Å². The van der Waals surface area contributed by atoms with Crippen molar-refractivity contribution in [3.05, 3.63) is 29.3 Å². The van der Waals surface area contributed by atoms with Crippen molar-refractivity contribution in [2.45, 2.75) is 38.6 Å². The monoisotopic (exact) mass is 314 g/mol. The average Bonchev–Trinajstić information content (AvgIpc) is 3.37. The van der Waals surface area contributed by atoms with E-state index in [1.807, 2.05) is 12.1 Å². The summed E-state index contributed by atoms with van der Waals surface area (Å²) in [6.07, 6.45) is 5.58. The van der Waals surface area contributed by atoms with Crippen molar-refractivity contribution in [2.24, 2.45) is 0 Å². The van der Waals surface area contributed by atoms with Gasteiger partial charge in [-0.05, 0) is 43.0 Å². The molecule has 1 fully saturated rings. The number of nitriles is 1. The van der Waals surface area contributed by atoms with Crippen molar-refractivity contribution in [2.75, 3.05) is 13.7 Å². The first-order valence-corrected chi connectivity index (χ1v) is 7.91. The van der Waals surface area contributed by atoms with Gasteiger partial charge in [-0.1, -0.05) is 19.4 Å². The molecule has 0 atom stereocenters. The molecule has 0 aliphatic heterocycles. The Labute approximate surface area is 136 Å². The quantitative estimate of drug-likeness (QED) is 0.455. The Morgan fingerprint density at radius 3 is 2.83 bits per heavy atom. The van der Waals surface area contributed by atoms with Crippen LogP contribution in [0.3, 0.4) is 0 Å². The Hall–Kier alpha value is -2.48.